The van der Waals surface area contributed by atoms with Gasteiger partial charge in [-0.2, -0.15) is 0 Å². The van der Waals surface area contributed by atoms with Crippen LogP contribution in [0.2, 0.25) is 0 Å². The molecule has 2 saturated heterocycles. The fraction of sp³-hybridized carbons (Fsp3) is 0.519. The van der Waals surface area contributed by atoms with Crippen molar-refractivity contribution in [2.24, 2.45) is 17.8 Å². The Bertz CT molecular complexity index is 913. The molecule has 2 saturated carbocycles. The van der Waals surface area contributed by atoms with E-state index in [1.54, 1.807) is 0 Å². The number of amides is 1. The third-order valence-corrected chi connectivity index (χ3v) is 8.44. The maximum atomic E-state index is 14.0. The Morgan fingerprint density at radius 1 is 0.867 bits per heavy atom. The molecule has 30 heavy (non-hydrogen) atoms. The number of benzene rings is 2. The van der Waals surface area contributed by atoms with E-state index in [-0.39, 0.29) is 11.8 Å². The fourth-order valence-electron chi connectivity index (χ4n) is 7.12. The van der Waals surface area contributed by atoms with Crippen molar-refractivity contribution in [1.29, 1.82) is 0 Å². The SMILES string of the molecule is O=C1[C@@H]2C[C@@H](c3ccccc3)CC[C@@H]2[C@@]2(c3ccccc3)OC[C@@H]3CCCC[C@@H]3N12. The summed E-state index contributed by atoms with van der Waals surface area (Å²) in [7, 11) is 0. The van der Waals surface area contributed by atoms with Gasteiger partial charge in [-0.05, 0) is 43.6 Å². The summed E-state index contributed by atoms with van der Waals surface area (Å²) in [6.07, 6.45) is 7.99. The van der Waals surface area contributed by atoms with Gasteiger partial charge in [0.05, 0.1) is 6.61 Å². The monoisotopic (exact) mass is 401 g/mol. The van der Waals surface area contributed by atoms with Gasteiger partial charge in [0.2, 0.25) is 5.91 Å². The summed E-state index contributed by atoms with van der Waals surface area (Å²) in [6, 6.07) is 21.8. The molecule has 4 aliphatic rings. The van der Waals surface area contributed by atoms with Gasteiger partial charge in [-0.25, -0.2) is 0 Å². The van der Waals surface area contributed by atoms with E-state index in [1.165, 1.54) is 30.4 Å². The molecule has 1 amide bonds. The van der Waals surface area contributed by atoms with Crippen LogP contribution in [-0.2, 0) is 15.3 Å². The Hall–Kier alpha value is -2.13. The van der Waals surface area contributed by atoms with Crippen molar-refractivity contribution >= 4 is 5.91 Å². The number of nitrogens with zero attached hydrogens (tertiary/aromatic N) is 1. The normalized spacial score (nSPS) is 37.9. The first-order chi connectivity index (χ1) is 14.8. The summed E-state index contributed by atoms with van der Waals surface area (Å²) in [5, 5.41) is 0. The first kappa shape index (κ1) is 18.6. The maximum Gasteiger partial charge on any atom is 0.228 e. The van der Waals surface area contributed by atoms with Gasteiger partial charge in [-0.3, -0.25) is 4.79 Å². The van der Waals surface area contributed by atoms with E-state index < -0.39 is 5.72 Å². The van der Waals surface area contributed by atoms with E-state index >= 15 is 0 Å². The Morgan fingerprint density at radius 3 is 2.40 bits per heavy atom. The number of hydrogen-bond acceptors (Lipinski definition) is 2. The molecule has 0 radical (unpaired) electrons. The van der Waals surface area contributed by atoms with Crippen LogP contribution in [0.5, 0.6) is 0 Å². The van der Waals surface area contributed by atoms with Crippen LogP contribution < -0.4 is 0 Å². The average Bonchev–Trinajstić information content (AvgIpc) is 3.09. The number of ether oxygens (including phenoxy) is 1. The lowest BCUT2D eigenvalue weighted by molar-refractivity contribution is -0.241. The number of hydrogen-bond donors (Lipinski definition) is 0. The maximum absolute atomic E-state index is 14.0. The van der Waals surface area contributed by atoms with Gasteiger partial charge in [0.25, 0.3) is 0 Å². The summed E-state index contributed by atoms with van der Waals surface area (Å²) in [6.45, 7) is 0.800. The highest BCUT2D eigenvalue weighted by molar-refractivity contribution is 5.84. The van der Waals surface area contributed by atoms with Gasteiger partial charge in [0.15, 0.2) is 5.72 Å². The van der Waals surface area contributed by atoms with Gasteiger partial charge in [0, 0.05) is 29.4 Å². The minimum Gasteiger partial charge on any atom is -0.350 e. The molecule has 4 fully saturated rings. The Morgan fingerprint density at radius 2 is 1.60 bits per heavy atom. The summed E-state index contributed by atoms with van der Waals surface area (Å²) >= 11 is 0. The van der Waals surface area contributed by atoms with Crippen LogP contribution >= 0.6 is 0 Å². The van der Waals surface area contributed by atoms with Crippen molar-refractivity contribution in [2.45, 2.75) is 62.6 Å². The second kappa shape index (κ2) is 7.23. The first-order valence-corrected chi connectivity index (χ1v) is 11.9. The van der Waals surface area contributed by atoms with Crippen LogP contribution in [0.3, 0.4) is 0 Å². The van der Waals surface area contributed by atoms with Gasteiger partial charge < -0.3 is 9.64 Å². The molecule has 0 bridgehead atoms. The third-order valence-electron chi connectivity index (χ3n) is 8.44. The lowest BCUT2D eigenvalue weighted by Crippen LogP contribution is -2.61. The molecule has 2 aromatic rings. The summed E-state index contributed by atoms with van der Waals surface area (Å²) < 4.78 is 6.83. The van der Waals surface area contributed by atoms with Crippen LogP contribution in [0.25, 0.3) is 0 Å². The van der Waals surface area contributed by atoms with Gasteiger partial charge in [-0.1, -0.05) is 73.5 Å². The predicted octanol–water partition coefficient (Wildman–Crippen LogP) is 5.47. The van der Waals surface area contributed by atoms with Crippen LogP contribution in [-0.4, -0.2) is 23.5 Å². The molecule has 3 heteroatoms. The molecule has 6 rings (SSSR count). The van der Waals surface area contributed by atoms with Gasteiger partial charge >= 0.3 is 0 Å². The highest BCUT2D eigenvalue weighted by atomic mass is 16.5. The minimum atomic E-state index is -0.552. The summed E-state index contributed by atoms with van der Waals surface area (Å²) in [4.78, 5) is 16.3. The molecule has 6 atom stereocenters. The number of fused-ring (bicyclic) bond motifs is 5. The molecule has 2 aliphatic carbocycles. The second-order valence-electron chi connectivity index (χ2n) is 9.83. The van der Waals surface area contributed by atoms with Gasteiger partial charge in [0.1, 0.15) is 0 Å². The molecule has 156 valence electrons. The molecule has 0 unspecified atom stereocenters. The molecular weight excluding hydrogens is 370 g/mol. The zero-order chi connectivity index (χ0) is 20.1. The highest BCUT2D eigenvalue weighted by Crippen LogP contribution is 2.59. The zero-order valence-corrected chi connectivity index (χ0v) is 17.6. The van der Waals surface area contributed by atoms with Crippen molar-refractivity contribution in [2.75, 3.05) is 6.61 Å². The Kier molecular flexibility index (Phi) is 4.49. The molecule has 3 nitrogen and oxygen atoms in total. The van der Waals surface area contributed by atoms with E-state index in [9.17, 15) is 4.79 Å². The summed E-state index contributed by atoms with van der Waals surface area (Å²) in [5.74, 6) is 1.68. The zero-order valence-electron chi connectivity index (χ0n) is 17.6. The molecule has 2 aliphatic heterocycles. The van der Waals surface area contributed by atoms with Gasteiger partial charge in [-0.15, -0.1) is 0 Å². The minimum absolute atomic E-state index is 0.0739. The van der Waals surface area contributed by atoms with Crippen molar-refractivity contribution in [3.8, 4) is 0 Å². The topological polar surface area (TPSA) is 29.5 Å². The van der Waals surface area contributed by atoms with E-state index in [2.05, 4.69) is 65.6 Å². The lowest BCUT2D eigenvalue weighted by atomic mass is 9.68. The smallest absolute Gasteiger partial charge is 0.228 e. The van der Waals surface area contributed by atoms with Crippen molar-refractivity contribution in [3.63, 3.8) is 0 Å². The first-order valence-electron chi connectivity index (χ1n) is 11.9. The van der Waals surface area contributed by atoms with Crippen LogP contribution in [0.1, 0.15) is 62.0 Å². The Labute approximate surface area is 179 Å². The average molecular weight is 402 g/mol. The van der Waals surface area contributed by atoms with E-state index in [4.69, 9.17) is 4.74 Å². The van der Waals surface area contributed by atoms with E-state index in [0.717, 1.165) is 32.3 Å². The number of rotatable bonds is 2. The predicted molar refractivity (Wildman–Crippen MR) is 117 cm³/mol. The molecule has 0 N–H and O–H groups in total. The van der Waals surface area contributed by atoms with E-state index in [1.807, 2.05) is 0 Å². The van der Waals surface area contributed by atoms with Crippen LogP contribution in [0.15, 0.2) is 60.7 Å². The fourth-order valence-corrected chi connectivity index (χ4v) is 7.12. The standard InChI is InChI=1S/C27H31NO2/c29-26-23-17-20(19-9-3-1-4-10-19)15-16-24(23)27(22-12-5-2-6-13-22)28(26)25-14-8-7-11-21(25)18-30-27/h1-6,9-10,12-13,20-21,23-25H,7-8,11,14-18H2/t20-,21-,23+,24-,25-,27+/m0/s1. The largest absolute Gasteiger partial charge is 0.350 e. The van der Waals surface area contributed by atoms with Crippen LogP contribution in [0, 0.1) is 17.8 Å². The Balaban J connectivity index is 1.42. The third kappa shape index (κ3) is 2.64. The second-order valence-corrected chi connectivity index (χ2v) is 9.83. The van der Waals surface area contributed by atoms with Crippen molar-refractivity contribution in [1.82, 2.24) is 4.90 Å². The van der Waals surface area contributed by atoms with E-state index in [0.29, 0.717) is 23.8 Å². The molecule has 0 aromatic heterocycles. The molecule has 0 spiro atoms. The molecular formula is C27H31NO2. The highest BCUT2D eigenvalue weighted by Gasteiger charge is 2.65. The number of carbonyl (C=O) groups excluding carboxylic acids is 1. The van der Waals surface area contributed by atoms with Crippen molar-refractivity contribution in [3.05, 3.63) is 71.8 Å². The molecule has 2 aromatic carbocycles. The summed E-state index contributed by atoms with van der Waals surface area (Å²) in [5.41, 5.74) is 2.02. The number of carbonyl (C=O) groups is 1. The lowest BCUT2D eigenvalue weighted by Gasteiger charge is -2.54. The molecule has 2 heterocycles. The van der Waals surface area contributed by atoms with Crippen LogP contribution in [0.4, 0.5) is 0 Å². The van der Waals surface area contributed by atoms with Crippen molar-refractivity contribution < 1.29 is 9.53 Å². The quantitative estimate of drug-likeness (QED) is 0.668.